The van der Waals surface area contributed by atoms with Crippen molar-refractivity contribution < 1.29 is 0 Å². The molecule has 1 aliphatic carbocycles. The highest BCUT2D eigenvalue weighted by Crippen LogP contribution is 2.42. The molecule has 0 bridgehead atoms. The van der Waals surface area contributed by atoms with Gasteiger partial charge in [-0.25, -0.2) is 0 Å². The van der Waals surface area contributed by atoms with Gasteiger partial charge in [0.05, 0.1) is 0 Å². The molecule has 2 rings (SSSR count). The van der Waals surface area contributed by atoms with Gasteiger partial charge in [0.1, 0.15) is 0 Å². The summed E-state index contributed by atoms with van der Waals surface area (Å²) in [5, 5.41) is 0. The van der Waals surface area contributed by atoms with Crippen molar-refractivity contribution >= 4 is 0 Å². The molecule has 0 radical (unpaired) electrons. The summed E-state index contributed by atoms with van der Waals surface area (Å²) < 4.78 is 0. The van der Waals surface area contributed by atoms with Crippen LogP contribution in [-0.2, 0) is 0 Å². The normalized spacial score (nSPS) is 36.9. The molecule has 1 aliphatic heterocycles. The Morgan fingerprint density at radius 1 is 1.05 bits per heavy atom. The van der Waals surface area contributed by atoms with E-state index < -0.39 is 0 Å². The summed E-state index contributed by atoms with van der Waals surface area (Å²) in [7, 11) is 0. The first kappa shape index (κ1) is 17.3. The lowest BCUT2D eigenvalue weighted by Gasteiger charge is -2.44. The first-order chi connectivity index (χ1) is 9.88. The third-order valence-corrected chi connectivity index (χ3v) is 6.48. The van der Waals surface area contributed by atoms with E-state index in [-0.39, 0.29) is 0 Å². The summed E-state index contributed by atoms with van der Waals surface area (Å²) in [5.74, 6) is 1.74. The molecule has 2 nitrogen and oxygen atoms in total. The summed E-state index contributed by atoms with van der Waals surface area (Å²) in [4.78, 5) is 2.81. The van der Waals surface area contributed by atoms with Crippen molar-refractivity contribution in [3.05, 3.63) is 0 Å². The summed E-state index contributed by atoms with van der Waals surface area (Å²) in [6.07, 6.45) is 9.64. The monoisotopic (exact) mass is 294 g/mol. The molecule has 1 heterocycles. The van der Waals surface area contributed by atoms with Gasteiger partial charge in [0.15, 0.2) is 0 Å². The van der Waals surface area contributed by atoms with Crippen LogP contribution >= 0.6 is 0 Å². The van der Waals surface area contributed by atoms with E-state index in [4.69, 9.17) is 5.73 Å². The highest BCUT2D eigenvalue weighted by atomic mass is 15.2. The summed E-state index contributed by atoms with van der Waals surface area (Å²) in [6.45, 7) is 12.8. The zero-order valence-corrected chi connectivity index (χ0v) is 15.1. The maximum absolute atomic E-state index is 6.24. The van der Waals surface area contributed by atoms with Gasteiger partial charge in [-0.2, -0.15) is 0 Å². The molecule has 3 unspecified atom stereocenters. The summed E-state index contributed by atoms with van der Waals surface area (Å²) in [5.41, 5.74) is 6.72. The van der Waals surface area contributed by atoms with Gasteiger partial charge in [-0.05, 0) is 69.1 Å². The van der Waals surface area contributed by atoms with Crippen molar-refractivity contribution in [1.82, 2.24) is 4.90 Å². The van der Waals surface area contributed by atoms with Crippen LogP contribution in [0, 0.1) is 17.3 Å². The van der Waals surface area contributed by atoms with Crippen LogP contribution in [0.25, 0.3) is 0 Å². The van der Waals surface area contributed by atoms with E-state index in [9.17, 15) is 0 Å². The van der Waals surface area contributed by atoms with E-state index in [2.05, 4.69) is 39.5 Å². The Hall–Kier alpha value is -0.0800. The van der Waals surface area contributed by atoms with Gasteiger partial charge < -0.3 is 5.73 Å². The summed E-state index contributed by atoms with van der Waals surface area (Å²) >= 11 is 0. The van der Waals surface area contributed by atoms with Gasteiger partial charge >= 0.3 is 0 Å². The molecule has 2 heteroatoms. The van der Waals surface area contributed by atoms with Crippen molar-refractivity contribution in [2.75, 3.05) is 6.54 Å². The van der Waals surface area contributed by atoms with Crippen LogP contribution in [0.3, 0.4) is 0 Å². The van der Waals surface area contributed by atoms with Crippen molar-refractivity contribution in [1.29, 1.82) is 0 Å². The Bertz CT molecular complexity index is 312. The molecule has 0 aromatic rings. The van der Waals surface area contributed by atoms with Gasteiger partial charge in [-0.3, -0.25) is 4.90 Å². The highest BCUT2D eigenvalue weighted by Gasteiger charge is 2.40. The standard InChI is InChI=1S/C19H38N2/c1-6-17-12-7-14(2)21(17)18(13-20)15-8-10-16(11-9-15)19(3,4)5/h14-18H,6-13,20H2,1-5H3. The van der Waals surface area contributed by atoms with Crippen LogP contribution in [0.5, 0.6) is 0 Å². The van der Waals surface area contributed by atoms with E-state index in [1.807, 2.05) is 0 Å². The third-order valence-electron chi connectivity index (χ3n) is 6.48. The predicted octanol–water partition coefficient (Wildman–Crippen LogP) is 4.43. The van der Waals surface area contributed by atoms with Crippen LogP contribution < -0.4 is 5.73 Å². The minimum Gasteiger partial charge on any atom is -0.329 e. The number of nitrogens with two attached hydrogens (primary N) is 1. The topological polar surface area (TPSA) is 29.3 Å². The zero-order valence-electron chi connectivity index (χ0n) is 15.1. The molecule has 2 N–H and O–H groups in total. The van der Waals surface area contributed by atoms with Crippen molar-refractivity contribution in [2.45, 2.75) is 97.7 Å². The lowest BCUT2D eigenvalue weighted by Crippen LogP contribution is -2.51. The van der Waals surface area contributed by atoms with E-state index in [1.54, 1.807) is 0 Å². The molecule has 0 aromatic heterocycles. The molecule has 0 spiro atoms. The number of rotatable bonds is 4. The molecule has 2 aliphatic rings. The second-order valence-corrected chi connectivity index (χ2v) is 8.72. The van der Waals surface area contributed by atoms with Gasteiger partial charge in [-0.1, -0.05) is 27.7 Å². The molecule has 124 valence electrons. The Kier molecular flexibility index (Phi) is 5.76. The second kappa shape index (κ2) is 7.00. The van der Waals surface area contributed by atoms with Gasteiger partial charge in [0.25, 0.3) is 0 Å². The molecule has 21 heavy (non-hydrogen) atoms. The van der Waals surface area contributed by atoms with Crippen LogP contribution in [0.2, 0.25) is 0 Å². The molecular formula is C19H38N2. The largest absolute Gasteiger partial charge is 0.329 e. The minimum atomic E-state index is 0.482. The molecule has 0 amide bonds. The Balaban J connectivity index is 1.99. The van der Waals surface area contributed by atoms with Crippen LogP contribution in [0.15, 0.2) is 0 Å². The van der Waals surface area contributed by atoms with E-state index in [1.165, 1.54) is 44.9 Å². The smallest absolute Gasteiger partial charge is 0.0252 e. The lowest BCUT2D eigenvalue weighted by molar-refractivity contribution is 0.0542. The molecule has 1 saturated carbocycles. The fourth-order valence-corrected chi connectivity index (χ4v) is 5.03. The van der Waals surface area contributed by atoms with Crippen LogP contribution in [0.4, 0.5) is 0 Å². The van der Waals surface area contributed by atoms with E-state index in [0.717, 1.165) is 30.5 Å². The molecule has 1 saturated heterocycles. The Morgan fingerprint density at radius 2 is 1.67 bits per heavy atom. The number of nitrogens with zero attached hydrogens (tertiary/aromatic N) is 1. The number of likely N-dealkylation sites (tertiary alicyclic amines) is 1. The number of hydrogen-bond donors (Lipinski definition) is 1. The van der Waals surface area contributed by atoms with Crippen molar-refractivity contribution in [3.8, 4) is 0 Å². The maximum atomic E-state index is 6.24. The van der Waals surface area contributed by atoms with E-state index in [0.29, 0.717) is 11.5 Å². The quantitative estimate of drug-likeness (QED) is 0.831. The fourth-order valence-electron chi connectivity index (χ4n) is 5.03. The van der Waals surface area contributed by atoms with Gasteiger partial charge in [0, 0.05) is 24.7 Å². The Morgan fingerprint density at radius 3 is 2.14 bits per heavy atom. The predicted molar refractivity (Wildman–Crippen MR) is 92.4 cm³/mol. The average molecular weight is 295 g/mol. The fraction of sp³-hybridized carbons (Fsp3) is 1.00. The molecular weight excluding hydrogens is 256 g/mol. The first-order valence-electron chi connectivity index (χ1n) is 9.36. The van der Waals surface area contributed by atoms with E-state index >= 15 is 0 Å². The van der Waals surface area contributed by atoms with Crippen LogP contribution in [0.1, 0.15) is 79.6 Å². The zero-order chi connectivity index (χ0) is 15.6. The van der Waals surface area contributed by atoms with Crippen LogP contribution in [-0.4, -0.2) is 29.6 Å². The molecule has 2 fully saturated rings. The Labute approximate surface area is 132 Å². The molecule has 3 atom stereocenters. The molecule has 0 aromatic carbocycles. The minimum absolute atomic E-state index is 0.482. The van der Waals surface area contributed by atoms with Crippen molar-refractivity contribution in [3.63, 3.8) is 0 Å². The maximum Gasteiger partial charge on any atom is 0.0252 e. The van der Waals surface area contributed by atoms with Gasteiger partial charge in [-0.15, -0.1) is 0 Å². The van der Waals surface area contributed by atoms with Crippen molar-refractivity contribution in [2.24, 2.45) is 23.0 Å². The SMILES string of the molecule is CCC1CCC(C)N1C(CN)C1CCC(C(C)(C)C)CC1. The first-order valence-corrected chi connectivity index (χ1v) is 9.36. The highest BCUT2D eigenvalue weighted by molar-refractivity contribution is 4.94. The average Bonchev–Trinajstić information content (AvgIpc) is 2.81. The second-order valence-electron chi connectivity index (χ2n) is 8.72. The van der Waals surface area contributed by atoms with Gasteiger partial charge in [0.2, 0.25) is 0 Å². The number of hydrogen-bond acceptors (Lipinski definition) is 2. The summed E-state index contributed by atoms with van der Waals surface area (Å²) in [6, 6.07) is 2.16. The lowest BCUT2D eigenvalue weighted by atomic mass is 9.68. The third kappa shape index (κ3) is 3.82.